The van der Waals surface area contributed by atoms with Gasteiger partial charge in [-0.3, -0.25) is 4.79 Å². The third-order valence-corrected chi connectivity index (χ3v) is 5.75. The van der Waals surface area contributed by atoms with E-state index in [1.165, 1.54) is 10.1 Å². The second kappa shape index (κ2) is 5.69. The van der Waals surface area contributed by atoms with Crippen LogP contribution in [-0.4, -0.2) is 25.7 Å². The Kier molecular flexibility index (Phi) is 3.71. The van der Waals surface area contributed by atoms with Crippen molar-refractivity contribution in [3.05, 3.63) is 54.6 Å². The minimum atomic E-state index is -1.09. The highest BCUT2D eigenvalue weighted by molar-refractivity contribution is 14.1. The summed E-state index contributed by atoms with van der Waals surface area (Å²) in [7, 11) is 0. The smallest absolute Gasteiger partial charge is 0.356 e. The lowest BCUT2D eigenvalue weighted by Gasteiger charge is -2.09. The Morgan fingerprint density at radius 3 is 2.64 bits per heavy atom. The Morgan fingerprint density at radius 2 is 2.04 bits per heavy atom. The lowest BCUT2D eigenvalue weighted by molar-refractivity contribution is 0.0689. The number of aromatic nitrogens is 3. The van der Waals surface area contributed by atoms with Gasteiger partial charge >= 0.3 is 5.97 Å². The molecule has 0 unspecified atom stereocenters. The maximum atomic E-state index is 12.8. The fourth-order valence-electron chi connectivity index (χ4n) is 3.13. The van der Waals surface area contributed by atoms with Gasteiger partial charge in [0, 0.05) is 11.1 Å². The van der Waals surface area contributed by atoms with Crippen LogP contribution in [0.4, 0.5) is 0 Å². The summed E-state index contributed by atoms with van der Waals surface area (Å²) in [6.07, 6.45) is 1.80. The Balaban J connectivity index is 2.03. The summed E-state index contributed by atoms with van der Waals surface area (Å²) < 4.78 is 2.19. The molecular weight excluding hydrogens is 433 g/mol. The van der Waals surface area contributed by atoms with Gasteiger partial charge in [-0.2, -0.15) is 5.10 Å². The molecule has 0 radical (unpaired) electrons. The van der Waals surface area contributed by atoms with Gasteiger partial charge in [0.1, 0.15) is 9.22 Å². The second-order valence-corrected chi connectivity index (χ2v) is 7.54. The Morgan fingerprint density at radius 1 is 1.32 bits per heavy atom. The van der Waals surface area contributed by atoms with Crippen LogP contribution in [0.5, 0.6) is 0 Å². The van der Waals surface area contributed by atoms with Gasteiger partial charge < -0.3 is 10.1 Å². The molecule has 1 fully saturated rings. The maximum absolute atomic E-state index is 12.8. The van der Waals surface area contributed by atoms with Crippen molar-refractivity contribution in [1.29, 1.82) is 0 Å². The Bertz CT molecular complexity index is 1090. The van der Waals surface area contributed by atoms with E-state index in [-0.39, 0.29) is 17.2 Å². The number of carboxylic acid groups (broad SMARTS) is 1. The van der Waals surface area contributed by atoms with Gasteiger partial charge in [-0.05, 0) is 72.4 Å². The first-order valence-electron chi connectivity index (χ1n) is 8.03. The van der Waals surface area contributed by atoms with Crippen LogP contribution in [-0.2, 0) is 0 Å². The van der Waals surface area contributed by atoms with Crippen LogP contribution in [0.25, 0.3) is 16.8 Å². The van der Waals surface area contributed by atoms with Crippen LogP contribution in [0, 0.1) is 17.5 Å². The summed E-state index contributed by atoms with van der Waals surface area (Å²) in [6.45, 7) is 4.05. The molecule has 0 amide bonds. The number of nitrogens with one attached hydrogen (secondary N) is 1. The highest BCUT2D eigenvalue weighted by Crippen LogP contribution is 2.43. The molecule has 2 N–H and O–H groups in total. The van der Waals surface area contributed by atoms with Crippen LogP contribution in [0.15, 0.2) is 23.0 Å². The van der Waals surface area contributed by atoms with Gasteiger partial charge in [0.2, 0.25) is 0 Å². The number of hydrogen-bond donors (Lipinski definition) is 2. The van der Waals surface area contributed by atoms with E-state index in [2.05, 4.69) is 32.7 Å². The number of nitrogens with zero attached hydrogens (tertiary/aromatic N) is 2. The summed E-state index contributed by atoms with van der Waals surface area (Å²) in [5, 5.41) is 13.7. The van der Waals surface area contributed by atoms with Gasteiger partial charge in [-0.1, -0.05) is 12.1 Å². The number of aromatic amines is 1. The largest absolute Gasteiger partial charge is 0.476 e. The van der Waals surface area contributed by atoms with E-state index in [0.29, 0.717) is 20.5 Å². The van der Waals surface area contributed by atoms with E-state index in [0.717, 1.165) is 24.0 Å². The number of hydrogen-bond acceptors (Lipinski definition) is 3. The zero-order chi connectivity index (χ0) is 17.9. The maximum Gasteiger partial charge on any atom is 0.356 e. The van der Waals surface area contributed by atoms with E-state index in [4.69, 9.17) is 0 Å². The second-order valence-electron chi connectivity index (χ2n) is 6.52. The monoisotopic (exact) mass is 449 g/mol. The number of rotatable bonds is 3. The fraction of sp³-hybridized carbons (Fsp3) is 0.278. The summed E-state index contributed by atoms with van der Waals surface area (Å²) in [4.78, 5) is 27.3. The molecule has 4 rings (SSSR count). The third-order valence-electron chi connectivity index (χ3n) is 4.75. The molecular formula is C18H16IN3O3. The van der Waals surface area contributed by atoms with Crippen molar-refractivity contribution in [2.75, 3.05) is 0 Å². The molecule has 25 heavy (non-hydrogen) atoms. The zero-order valence-corrected chi connectivity index (χ0v) is 15.9. The Labute approximate surface area is 157 Å². The van der Waals surface area contributed by atoms with Crippen molar-refractivity contribution < 1.29 is 9.90 Å². The number of carbonyl (C=O) groups is 1. The molecule has 3 aromatic rings. The Hall–Kier alpha value is -2.16. The van der Waals surface area contributed by atoms with Crippen molar-refractivity contribution >= 4 is 34.1 Å². The highest BCUT2D eigenvalue weighted by Gasteiger charge is 2.35. The van der Waals surface area contributed by atoms with E-state index in [1.807, 2.05) is 32.0 Å². The van der Waals surface area contributed by atoms with E-state index in [1.54, 1.807) is 0 Å². The molecule has 2 aromatic heterocycles. The molecule has 0 bridgehead atoms. The van der Waals surface area contributed by atoms with E-state index in [9.17, 15) is 14.7 Å². The quantitative estimate of drug-likeness (QED) is 0.600. The lowest BCUT2D eigenvalue weighted by Crippen LogP contribution is -2.15. The molecule has 1 saturated carbocycles. The minimum Gasteiger partial charge on any atom is -0.476 e. The number of benzene rings is 1. The molecule has 0 aliphatic heterocycles. The standard InChI is InChI=1S/C18H16IN3O3/c1-8-3-4-11(7-9(8)2)13-16(19)22-15(17(23)20-13)12(10-5-6-10)14(21-22)18(24)25/h3-4,7,10H,5-6H2,1-2H3,(H,20,23)(H,24,25). The van der Waals surface area contributed by atoms with Crippen LogP contribution in [0.3, 0.4) is 0 Å². The van der Waals surface area contributed by atoms with Crippen LogP contribution < -0.4 is 5.56 Å². The van der Waals surface area contributed by atoms with Crippen molar-refractivity contribution in [2.24, 2.45) is 0 Å². The van der Waals surface area contributed by atoms with Crippen LogP contribution in [0.1, 0.15) is 45.9 Å². The highest BCUT2D eigenvalue weighted by atomic mass is 127. The number of aryl methyl sites for hydroxylation is 2. The summed E-state index contributed by atoms with van der Waals surface area (Å²) >= 11 is 2.11. The number of H-pyrrole nitrogens is 1. The molecule has 0 spiro atoms. The minimum absolute atomic E-state index is 0.0110. The van der Waals surface area contributed by atoms with E-state index < -0.39 is 5.97 Å². The van der Waals surface area contributed by atoms with E-state index >= 15 is 0 Å². The molecule has 0 saturated heterocycles. The van der Waals surface area contributed by atoms with Crippen molar-refractivity contribution in [3.8, 4) is 11.3 Å². The lowest BCUT2D eigenvalue weighted by atomic mass is 10.0. The fourth-order valence-corrected chi connectivity index (χ4v) is 3.92. The molecule has 6 nitrogen and oxygen atoms in total. The van der Waals surface area contributed by atoms with Crippen LogP contribution >= 0.6 is 22.6 Å². The van der Waals surface area contributed by atoms with Crippen molar-refractivity contribution in [2.45, 2.75) is 32.6 Å². The average Bonchev–Trinajstić information content (AvgIpc) is 3.32. The van der Waals surface area contributed by atoms with Gasteiger partial charge in [0.05, 0.1) is 5.69 Å². The predicted octanol–water partition coefficient (Wildman–Crippen LogP) is 3.49. The normalized spacial score (nSPS) is 14.2. The average molecular weight is 449 g/mol. The first-order valence-corrected chi connectivity index (χ1v) is 9.11. The molecule has 2 heterocycles. The molecule has 7 heteroatoms. The zero-order valence-electron chi connectivity index (χ0n) is 13.8. The SMILES string of the molecule is Cc1ccc(-c2[nH]c(=O)c3c(C4CC4)c(C(=O)O)nn3c2I)cc1C. The van der Waals surface area contributed by atoms with Crippen LogP contribution in [0.2, 0.25) is 0 Å². The van der Waals surface area contributed by atoms with Crippen molar-refractivity contribution in [1.82, 2.24) is 14.6 Å². The third kappa shape index (κ3) is 2.57. The molecule has 1 aliphatic carbocycles. The first kappa shape index (κ1) is 16.3. The van der Waals surface area contributed by atoms with Gasteiger partial charge in [-0.25, -0.2) is 9.31 Å². The number of fused-ring (bicyclic) bond motifs is 1. The molecule has 0 atom stereocenters. The summed E-state index contributed by atoms with van der Waals surface area (Å²) in [5.41, 5.74) is 4.45. The van der Waals surface area contributed by atoms with Gasteiger partial charge in [0.15, 0.2) is 5.69 Å². The molecule has 128 valence electrons. The van der Waals surface area contributed by atoms with Gasteiger partial charge in [0.25, 0.3) is 5.56 Å². The van der Waals surface area contributed by atoms with Gasteiger partial charge in [-0.15, -0.1) is 0 Å². The molecule has 1 aliphatic rings. The molecule has 1 aromatic carbocycles. The predicted molar refractivity (Wildman–Crippen MR) is 102 cm³/mol. The number of aromatic carboxylic acids is 1. The topological polar surface area (TPSA) is 87.5 Å². The number of carboxylic acids is 1. The number of halogens is 1. The summed E-state index contributed by atoms with van der Waals surface area (Å²) in [6, 6.07) is 5.97. The first-order chi connectivity index (χ1) is 11.9. The van der Waals surface area contributed by atoms with Crippen molar-refractivity contribution in [3.63, 3.8) is 0 Å². The summed E-state index contributed by atoms with van der Waals surface area (Å²) in [5.74, 6) is -0.971.